The van der Waals surface area contributed by atoms with Crippen molar-refractivity contribution in [3.8, 4) is 0 Å². The van der Waals surface area contributed by atoms with Gasteiger partial charge in [-0.25, -0.2) is 4.79 Å². The molecule has 196 valence electrons. The monoisotopic (exact) mass is 487 g/mol. The van der Waals surface area contributed by atoms with Crippen LogP contribution in [0, 0.1) is 5.92 Å². The molecule has 1 aromatic rings. The smallest absolute Gasteiger partial charge is 0.407 e. The van der Waals surface area contributed by atoms with E-state index < -0.39 is 12.2 Å². The average molecular weight is 488 g/mol. The maximum Gasteiger partial charge on any atom is 0.407 e. The van der Waals surface area contributed by atoms with Crippen molar-refractivity contribution in [2.75, 3.05) is 39.3 Å². The molecule has 1 saturated heterocycles. The number of hydrogen-bond acceptors (Lipinski definition) is 5. The first-order chi connectivity index (χ1) is 16.9. The van der Waals surface area contributed by atoms with Crippen molar-refractivity contribution in [3.63, 3.8) is 0 Å². The third-order valence-electron chi connectivity index (χ3n) is 7.31. The van der Waals surface area contributed by atoms with Gasteiger partial charge in [-0.15, -0.1) is 0 Å². The van der Waals surface area contributed by atoms with Crippen molar-refractivity contribution in [3.05, 3.63) is 35.4 Å². The van der Waals surface area contributed by atoms with Crippen LogP contribution in [0.4, 0.5) is 4.79 Å². The summed E-state index contributed by atoms with van der Waals surface area (Å²) in [6.07, 6.45) is 7.31. The third kappa shape index (κ3) is 9.80. The summed E-state index contributed by atoms with van der Waals surface area (Å²) in [4.78, 5) is 28.1. The molecule has 0 bridgehead atoms. The molecule has 1 aromatic carbocycles. The van der Waals surface area contributed by atoms with Crippen LogP contribution in [0.1, 0.15) is 82.3 Å². The lowest BCUT2D eigenvalue weighted by molar-refractivity contribution is -0.127. The normalized spacial score (nSPS) is 17.5. The second kappa shape index (κ2) is 14.4. The van der Waals surface area contributed by atoms with Crippen LogP contribution in [-0.4, -0.2) is 72.3 Å². The van der Waals surface area contributed by atoms with Crippen LogP contribution in [-0.2, 0) is 16.1 Å². The molecule has 2 fully saturated rings. The van der Waals surface area contributed by atoms with Crippen molar-refractivity contribution in [1.82, 2.24) is 15.1 Å². The predicted octanol–water partition coefficient (Wildman–Crippen LogP) is 4.29. The van der Waals surface area contributed by atoms with Gasteiger partial charge in [0.05, 0.1) is 12.7 Å². The molecule has 2 aliphatic rings. The van der Waals surface area contributed by atoms with Crippen LogP contribution in [0.15, 0.2) is 24.3 Å². The number of amides is 2. The van der Waals surface area contributed by atoms with Gasteiger partial charge < -0.3 is 20.1 Å². The summed E-state index contributed by atoms with van der Waals surface area (Å²) in [6.45, 7) is 8.52. The maximum atomic E-state index is 12.0. The minimum Gasteiger partial charge on any atom is -0.450 e. The number of rotatable bonds is 14. The second-order valence-corrected chi connectivity index (χ2v) is 10.6. The molecule has 1 atom stereocenters. The molecule has 0 radical (unpaired) electrons. The van der Waals surface area contributed by atoms with Gasteiger partial charge in [0.25, 0.3) is 0 Å². The first-order valence-electron chi connectivity index (χ1n) is 13.6. The lowest BCUT2D eigenvalue weighted by atomic mass is 10.0. The minimum absolute atomic E-state index is 0.162. The van der Waals surface area contributed by atoms with Crippen LogP contribution in [0.2, 0.25) is 0 Å². The fourth-order valence-electron chi connectivity index (χ4n) is 5.16. The number of ether oxygens (including phenoxy) is 1. The lowest BCUT2D eigenvalue weighted by Gasteiger charge is -2.26. The SMILES string of the molecule is CC(C)c1ccc(CN(CCCN2CCCC2=O)CC(O)CNC(=O)OCCC2CCCC2)cc1. The van der Waals surface area contributed by atoms with E-state index in [0.29, 0.717) is 31.4 Å². The van der Waals surface area contributed by atoms with Gasteiger partial charge in [-0.05, 0) is 42.2 Å². The standard InChI is InChI=1S/C28H45N3O4/c1-22(2)25-12-10-24(11-13-25)20-30(15-6-17-31-16-5-9-27(31)33)21-26(32)19-29-28(34)35-18-14-23-7-3-4-8-23/h10-13,22-23,26,32H,3-9,14-21H2,1-2H3,(H,29,34). The molecular formula is C28H45N3O4. The molecule has 0 aromatic heterocycles. The van der Waals surface area contributed by atoms with Gasteiger partial charge in [-0.1, -0.05) is 63.8 Å². The fourth-order valence-corrected chi connectivity index (χ4v) is 5.16. The second-order valence-electron chi connectivity index (χ2n) is 10.6. The first kappa shape index (κ1) is 27.5. The Bertz CT molecular complexity index is 777. The molecule has 35 heavy (non-hydrogen) atoms. The molecule has 7 heteroatoms. The highest BCUT2D eigenvalue weighted by Crippen LogP contribution is 2.27. The number of benzene rings is 1. The van der Waals surface area contributed by atoms with Crippen LogP contribution in [0.5, 0.6) is 0 Å². The molecule has 2 N–H and O–H groups in total. The summed E-state index contributed by atoms with van der Waals surface area (Å²) in [7, 11) is 0. The number of aliphatic hydroxyl groups excluding tert-OH is 1. The van der Waals surface area contributed by atoms with Gasteiger partial charge in [0, 0.05) is 45.7 Å². The van der Waals surface area contributed by atoms with Crippen molar-refractivity contribution in [2.45, 2.75) is 83.8 Å². The van der Waals surface area contributed by atoms with Crippen LogP contribution < -0.4 is 5.32 Å². The Morgan fingerprint density at radius 2 is 1.94 bits per heavy atom. The highest BCUT2D eigenvalue weighted by atomic mass is 16.5. The van der Waals surface area contributed by atoms with E-state index in [1.807, 2.05) is 4.90 Å². The van der Waals surface area contributed by atoms with E-state index in [9.17, 15) is 14.7 Å². The van der Waals surface area contributed by atoms with Crippen LogP contribution in [0.3, 0.4) is 0 Å². The Labute approximate surface area is 211 Å². The summed E-state index contributed by atoms with van der Waals surface area (Å²) in [5.74, 6) is 1.42. The molecule has 2 amide bonds. The summed E-state index contributed by atoms with van der Waals surface area (Å²) in [6, 6.07) is 8.64. The molecule has 7 nitrogen and oxygen atoms in total. The number of carbonyl (C=O) groups excluding carboxylic acids is 2. The Balaban J connectivity index is 1.44. The maximum absolute atomic E-state index is 12.0. The molecule has 0 spiro atoms. The van der Waals surface area contributed by atoms with Crippen LogP contribution in [0.25, 0.3) is 0 Å². The molecule has 1 aliphatic carbocycles. The summed E-state index contributed by atoms with van der Waals surface area (Å²) < 4.78 is 5.31. The predicted molar refractivity (Wildman–Crippen MR) is 138 cm³/mol. The Kier molecular flexibility index (Phi) is 11.3. The van der Waals surface area contributed by atoms with Crippen LogP contribution >= 0.6 is 0 Å². The Hall–Kier alpha value is -2.12. The van der Waals surface area contributed by atoms with Crippen molar-refractivity contribution >= 4 is 12.0 Å². The topological polar surface area (TPSA) is 82.1 Å². The third-order valence-corrected chi connectivity index (χ3v) is 7.31. The summed E-state index contributed by atoms with van der Waals surface area (Å²) in [5.41, 5.74) is 2.50. The average Bonchev–Trinajstić information content (AvgIpc) is 3.50. The number of aliphatic hydroxyl groups is 1. The first-order valence-corrected chi connectivity index (χ1v) is 13.6. The van der Waals surface area contributed by atoms with Gasteiger partial charge in [0.1, 0.15) is 0 Å². The number of alkyl carbamates (subject to hydrolysis) is 1. The highest BCUT2D eigenvalue weighted by molar-refractivity contribution is 5.78. The van der Waals surface area contributed by atoms with Crippen molar-refractivity contribution < 1.29 is 19.4 Å². The molecule has 1 heterocycles. The van der Waals surface area contributed by atoms with E-state index in [1.165, 1.54) is 36.8 Å². The van der Waals surface area contributed by atoms with E-state index in [1.54, 1.807) is 0 Å². The van der Waals surface area contributed by atoms with E-state index in [-0.39, 0.29) is 12.5 Å². The van der Waals surface area contributed by atoms with E-state index in [4.69, 9.17) is 4.74 Å². The fraction of sp³-hybridized carbons (Fsp3) is 0.714. The minimum atomic E-state index is -0.694. The van der Waals surface area contributed by atoms with E-state index >= 15 is 0 Å². The zero-order chi connectivity index (χ0) is 25.0. The highest BCUT2D eigenvalue weighted by Gasteiger charge is 2.21. The van der Waals surface area contributed by atoms with Gasteiger partial charge in [-0.2, -0.15) is 0 Å². The molecule has 1 aliphatic heterocycles. The van der Waals surface area contributed by atoms with E-state index in [0.717, 1.165) is 45.4 Å². The van der Waals surface area contributed by atoms with Crippen molar-refractivity contribution in [1.29, 1.82) is 0 Å². The number of nitrogens with zero attached hydrogens (tertiary/aromatic N) is 2. The lowest BCUT2D eigenvalue weighted by Crippen LogP contribution is -2.41. The number of likely N-dealkylation sites (tertiary alicyclic amines) is 1. The number of hydrogen-bond donors (Lipinski definition) is 2. The summed E-state index contributed by atoms with van der Waals surface area (Å²) in [5, 5.41) is 13.4. The molecule has 1 unspecified atom stereocenters. The molecule has 1 saturated carbocycles. The zero-order valence-electron chi connectivity index (χ0n) is 21.7. The molecular weight excluding hydrogens is 442 g/mol. The largest absolute Gasteiger partial charge is 0.450 e. The zero-order valence-corrected chi connectivity index (χ0v) is 21.7. The van der Waals surface area contributed by atoms with Gasteiger partial charge >= 0.3 is 6.09 Å². The quantitative estimate of drug-likeness (QED) is 0.409. The Morgan fingerprint density at radius 3 is 2.60 bits per heavy atom. The molecule has 3 rings (SSSR count). The number of carbonyl (C=O) groups is 2. The Morgan fingerprint density at radius 1 is 1.20 bits per heavy atom. The van der Waals surface area contributed by atoms with Crippen molar-refractivity contribution in [2.24, 2.45) is 5.92 Å². The van der Waals surface area contributed by atoms with E-state index in [2.05, 4.69) is 48.3 Å². The van der Waals surface area contributed by atoms with Gasteiger partial charge in [0.2, 0.25) is 5.91 Å². The number of nitrogens with one attached hydrogen (secondary N) is 1. The van der Waals surface area contributed by atoms with Gasteiger partial charge in [-0.3, -0.25) is 9.69 Å². The summed E-state index contributed by atoms with van der Waals surface area (Å²) >= 11 is 0. The van der Waals surface area contributed by atoms with Gasteiger partial charge in [0.15, 0.2) is 0 Å².